The molecule has 0 spiro atoms. The van der Waals surface area contributed by atoms with Crippen molar-refractivity contribution in [3.05, 3.63) is 59.7 Å². The maximum atomic E-state index is 11.3. The van der Waals surface area contributed by atoms with Gasteiger partial charge in [-0.15, -0.1) is 0 Å². The Kier molecular flexibility index (Phi) is 4.98. The number of unbranched alkanes of at least 4 members (excludes halogenated alkanes) is 1. The van der Waals surface area contributed by atoms with E-state index in [-0.39, 0.29) is 0 Å². The zero-order valence-electron chi connectivity index (χ0n) is 14.5. The van der Waals surface area contributed by atoms with E-state index in [1.807, 2.05) is 55.5 Å². The van der Waals surface area contributed by atoms with Crippen molar-refractivity contribution >= 4 is 17.1 Å². The van der Waals surface area contributed by atoms with Crippen LogP contribution in [-0.2, 0) is 6.42 Å². The molecule has 4 heteroatoms. The van der Waals surface area contributed by atoms with E-state index in [1.165, 1.54) is 0 Å². The van der Waals surface area contributed by atoms with Gasteiger partial charge >= 0.3 is 6.16 Å². The Balaban J connectivity index is 2.29. The minimum atomic E-state index is -1.31. The molecule has 1 N–H and O–H groups in total. The molecule has 0 fully saturated rings. The van der Waals surface area contributed by atoms with Gasteiger partial charge in [0.1, 0.15) is 5.75 Å². The van der Waals surface area contributed by atoms with Crippen LogP contribution in [0.4, 0.5) is 4.79 Å². The molecule has 0 aliphatic heterocycles. The third-order valence-electron chi connectivity index (χ3n) is 4.32. The van der Waals surface area contributed by atoms with E-state index in [9.17, 15) is 9.90 Å². The van der Waals surface area contributed by atoms with E-state index >= 15 is 0 Å². The molecule has 1 heterocycles. The van der Waals surface area contributed by atoms with E-state index in [2.05, 4.69) is 6.92 Å². The van der Waals surface area contributed by atoms with E-state index < -0.39 is 6.16 Å². The monoisotopic (exact) mass is 335 g/mol. The lowest BCUT2D eigenvalue weighted by Gasteiger charge is -2.16. The number of carbonyl (C=O) groups is 1. The van der Waals surface area contributed by atoms with Crippen LogP contribution < -0.4 is 4.74 Å². The number of carboxylic acid groups (broad SMARTS) is 1. The first-order chi connectivity index (χ1) is 12.1. The Morgan fingerprint density at radius 1 is 1.12 bits per heavy atom. The molecule has 0 bridgehead atoms. The number of ether oxygens (including phenoxy) is 1. The summed E-state index contributed by atoms with van der Waals surface area (Å²) < 4.78 is 5.22. The minimum Gasteiger partial charge on any atom is -0.449 e. The summed E-state index contributed by atoms with van der Waals surface area (Å²) >= 11 is 0. The SMILES string of the molecule is CCCCc1cccc2nc(-c3ccccc3)c(C)c(OC(=O)O)c12. The van der Waals surface area contributed by atoms with Crippen LogP contribution in [0.3, 0.4) is 0 Å². The second-order valence-electron chi connectivity index (χ2n) is 6.06. The van der Waals surface area contributed by atoms with E-state index in [1.54, 1.807) is 0 Å². The van der Waals surface area contributed by atoms with Crippen molar-refractivity contribution in [1.29, 1.82) is 0 Å². The second kappa shape index (κ2) is 7.34. The third kappa shape index (κ3) is 3.48. The molecule has 1 aromatic heterocycles. The van der Waals surface area contributed by atoms with Crippen LogP contribution in [0.1, 0.15) is 30.9 Å². The number of rotatable bonds is 5. The van der Waals surface area contributed by atoms with Gasteiger partial charge in [0, 0.05) is 16.5 Å². The normalized spacial score (nSPS) is 10.8. The maximum Gasteiger partial charge on any atom is 0.511 e. The lowest BCUT2D eigenvalue weighted by Crippen LogP contribution is -2.07. The molecule has 0 atom stereocenters. The van der Waals surface area contributed by atoms with Gasteiger partial charge in [0.2, 0.25) is 0 Å². The van der Waals surface area contributed by atoms with Crippen LogP contribution in [-0.4, -0.2) is 16.2 Å². The summed E-state index contributed by atoms with van der Waals surface area (Å²) in [5.74, 6) is 0.392. The molecule has 0 radical (unpaired) electrons. The van der Waals surface area contributed by atoms with E-state index in [0.717, 1.165) is 52.5 Å². The summed E-state index contributed by atoms with van der Waals surface area (Å²) in [7, 11) is 0. The molecule has 0 unspecified atom stereocenters. The zero-order valence-corrected chi connectivity index (χ0v) is 14.5. The summed E-state index contributed by atoms with van der Waals surface area (Å²) in [6.07, 6.45) is 1.67. The minimum absolute atomic E-state index is 0.392. The van der Waals surface area contributed by atoms with Crippen molar-refractivity contribution in [2.45, 2.75) is 33.1 Å². The highest BCUT2D eigenvalue weighted by atomic mass is 16.7. The van der Waals surface area contributed by atoms with Crippen LogP contribution in [0.5, 0.6) is 5.75 Å². The predicted molar refractivity (Wildman–Crippen MR) is 99.2 cm³/mol. The quantitative estimate of drug-likeness (QED) is 0.616. The first-order valence-electron chi connectivity index (χ1n) is 8.50. The largest absolute Gasteiger partial charge is 0.511 e. The predicted octanol–water partition coefficient (Wildman–Crippen LogP) is 5.61. The number of benzene rings is 2. The number of aryl methyl sites for hydroxylation is 1. The smallest absolute Gasteiger partial charge is 0.449 e. The van der Waals surface area contributed by atoms with Crippen molar-refractivity contribution in [2.24, 2.45) is 0 Å². The Labute approximate surface area is 147 Å². The molecular weight excluding hydrogens is 314 g/mol. The van der Waals surface area contributed by atoms with Gasteiger partial charge in [-0.2, -0.15) is 0 Å². The number of aromatic nitrogens is 1. The molecule has 0 aliphatic carbocycles. The van der Waals surface area contributed by atoms with Gasteiger partial charge in [0.05, 0.1) is 11.2 Å². The van der Waals surface area contributed by atoms with Crippen LogP contribution in [0.25, 0.3) is 22.2 Å². The van der Waals surface area contributed by atoms with Gasteiger partial charge in [0.15, 0.2) is 0 Å². The van der Waals surface area contributed by atoms with Gasteiger partial charge in [-0.1, -0.05) is 55.8 Å². The molecule has 2 aromatic carbocycles. The summed E-state index contributed by atoms with van der Waals surface area (Å²) in [6, 6.07) is 15.7. The number of fused-ring (bicyclic) bond motifs is 1. The lowest BCUT2D eigenvalue weighted by atomic mass is 9.97. The maximum absolute atomic E-state index is 11.3. The second-order valence-corrected chi connectivity index (χ2v) is 6.06. The fourth-order valence-electron chi connectivity index (χ4n) is 3.11. The van der Waals surface area contributed by atoms with Gasteiger partial charge in [-0.05, 0) is 31.4 Å². The average Bonchev–Trinajstić information content (AvgIpc) is 2.62. The molecule has 25 heavy (non-hydrogen) atoms. The van der Waals surface area contributed by atoms with Crippen LogP contribution in [0.2, 0.25) is 0 Å². The molecule has 3 rings (SSSR count). The highest BCUT2D eigenvalue weighted by molar-refractivity contribution is 5.94. The summed E-state index contributed by atoms with van der Waals surface area (Å²) in [6.45, 7) is 4.00. The fourth-order valence-corrected chi connectivity index (χ4v) is 3.11. The molecule has 0 amide bonds. The Morgan fingerprint density at radius 3 is 2.56 bits per heavy atom. The Bertz CT molecular complexity index is 904. The number of hydrogen-bond acceptors (Lipinski definition) is 3. The van der Waals surface area contributed by atoms with Gasteiger partial charge in [-0.3, -0.25) is 0 Å². The van der Waals surface area contributed by atoms with Gasteiger partial charge < -0.3 is 9.84 Å². The first kappa shape index (κ1) is 17.0. The van der Waals surface area contributed by atoms with E-state index in [0.29, 0.717) is 5.75 Å². The zero-order chi connectivity index (χ0) is 17.8. The number of nitrogens with zero attached hydrogens (tertiary/aromatic N) is 1. The van der Waals surface area contributed by atoms with Crippen LogP contribution in [0.15, 0.2) is 48.5 Å². The molecule has 0 saturated carbocycles. The Morgan fingerprint density at radius 2 is 1.88 bits per heavy atom. The topological polar surface area (TPSA) is 59.4 Å². The summed E-state index contributed by atoms with van der Waals surface area (Å²) in [5, 5.41) is 10.0. The van der Waals surface area contributed by atoms with Crippen molar-refractivity contribution in [3.63, 3.8) is 0 Å². The molecule has 0 saturated heterocycles. The van der Waals surface area contributed by atoms with Gasteiger partial charge in [0.25, 0.3) is 0 Å². The standard InChI is InChI=1S/C21H21NO3/c1-3-4-9-15-12-8-13-17-18(15)20(25-21(23)24)14(2)19(22-17)16-10-6-5-7-11-16/h5-8,10-13H,3-4,9H2,1-2H3,(H,23,24). The van der Waals surface area contributed by atoms with Gasteiger partial charge in [-0.25, -0.2) is 9.78 Å². The van der Waals surface area contributed by atoms with Crippen molar-refractivity contribution in [3.8, 4) is 17.0 Å². The van der Waals surface area contributed by atoms with E-state index in [4.69, 9.17) is 9.72 Å². The third-order valence-corrected chi connectivity index (χ3v) is 4.32. The lowest BCUT2D eigenvalue weighted by molar-refractivity contribution is 0.144. The van der Waals surface area contributed by atoms with Crippen molar-refractivity contribution in [1.82, 2.24) is 4.98 Å². The molecule has 4 nitrogen and oxygen atoms in total. The number of hydrogen-bond donors (Lipinski definition) is 1. The molecular formula is C21H21NO3. The fraction of sp³-hybridized carbons (Fsp3) is 0.238. The van der Waals surface area contributed by atoms with Crippen molar-refractivity contribution < 1.29 is 14.6 Å². The highest BCUT2D eigenvalue weighted by Crippen LogP contribution is 2.37. The summed E-state index contributed by atoms with van der Waals surface area (Å²) in [4.78, 5) is 16.1. The highest BCUT2D eigenvalue weighted by Gasteiger charge is 2.19. The number of pyridine rings is 1. The van der Waals surface area contributed by atoms with Crippen molar-refractivity contribution in [2.75, 3.05) is 0 Å². The molecule has 128 valence electrons. The van der Waals surface area contributed by atoms with Crippen LogP contribution in [0, 0.1) is 6.92 Å². The summed E-state index contributed by atoms with van der Waals surface area (Å²) in [5.41, 5.74) is 4.26. The average molecular weight is 335 g/mol. The Hall–Kier alpha value is -2.88. The molecule has 0 aliphatic rings. The molecule has 3 aromatic rings. The first-order valence-corrected chi connectivity index (χ1v) is 8.50. The van der Waals surface area contributed by atoms with Crippen LogP contribution >= 0.6 is 0 Å².